The molecular formula is C12H16ClNO3. The van der Waals surface area contributed by atoms with E-state index in [1.54, 1.807) is 13.2 Å². The van der Waals surface area contributed by atoms with E-state index in [-0.39, 0.29) is 16.8 Å². The molecule has 1 aliphatic heterocycles. The van der Waals surface area contributed by atoms with Gasteiger partial charge in [-0.15, -0.1) is 0 Å². The van der Waals surface area contributed by atoms with E-state index in [4.69, 9.17) is 21.1 Å². The summed E-state index contributed by atoms with van der Waals surface area (Å²) >= 11 is 6.08. The average molecular weight is 258 g/mol. The minimum Gasteiger partial charge on any atom is -0.506 e. The van der Waals surface area contributed by atoms with E-state index in [2.05, 4.69) is 5.32 Å². The van der Waals surface area contributed by atoms with Crippen LogP contribution in [0.25, 0.3) is 0 Å². The van der Waals surface area contributed by atoms with Gasteiger partial charge < -0.3 is 19.9 Å². The summed E-state index contributed by atoms with van der Waals surface area (Å²) in [7, 11) is 3.05. The van der Waals surface area contributed by atoms with Gasteiger partial charge in [0.2, 0.25) is 0 Å². The summed E-state index contributed by atoms with van der Waals surface area (Å²) in [5.74, 6) is 0.983. The van der Waals surface area contributed by atoms with Crippen LogP contribution in [0.3, 0.4) is 0 Å². The first-order chi connectivity index (χ1) is 8.19. The second-order valence-electron chi connectivity index (χ2n) is 4.01. The van der Waals surface area contributed by atoms with Crippen molar-refractivity contribution in [3.8, 4) is 17.2 Å². The highest BCUT2D eigenvalue weighted by Gasteiger charge is 2.25. The first-order valence-corrected chi connectivity index (χ1v) is 5.93. The second kappa shape index (κ2) is 5.02. The van der Waals surface area contributed by atoms with Gasteiger partial charge in [-0.2, -0.15) is 0 Å². The Morgan fingerprint density at radius 3 is 2.71 bits per heavy atom. The quantitative estimate of drug-likeness (QED) is 0.874. The third-order valence-corrected chi connectivity index (χ3v) is 3.40. The van der Waals surface area contributed by atoms with Gasteiger partial charge in [0.1, 0.15) is 10.8 Å². The number of hydrogen-bond acceptors (Lipinski definition) is 4. The summed E-state index contributed by atoms with van der Waals surface area (Å²) in [5.41, 5.74) is 0.769. The molecule has 2 N–H and O–H groups in total. The molecule has 0 radical (unpaired) electrons. The number of benzene rings is 1. The number of hydrogen-bond donors (Lipinski definition) is 2. The Hall–Kier alpha value is -1.13. The van der Waals surface area contributed by atoms with Crippen LogP contribution in [0.2, 0.25) is 5.02 Å². The van der Waals surface area contributed by atoms with Gasteiger partial charge in [0.05, 0.1) is 14.2 Å². The molecule has 0 amide bonds. The molecule has 1 aromatic rings. The lowest BCUT2D eigenvalue weighted by Gasteiger charge is -2.17. The number of aromatic hydroxyl groups is 1. The van der Waals surface area contributed by atoms with Crippen molar-refractivity contribution >= 4 is 11.6 Å². The van der Waals surface area contributed by atoms with Crippen molar-refractivity contribution in [2.45, 2.75) is 18.9 Å². The standard InChI is InChI=1S/C12H16ClNO3/c1-16-9-6-7(8-4-3-5-14-8)11(15)10(13)12(9)17-2/h6,8,14-15H,3-5H2,1-2H3. The summed E-state index contributed by atoms with van der Waals surface area (Å²) in [6.07, 6.45) is 2.08. The molecule has 4 nitrogen and oxygen atoms in total. The molecular weight excluding hydrogens is 242 g/mol. The maximum atomic E-state index is 10.1. The summed E-state index contributed by atoms with van der Waals surface area (Å²) in [4.78, 5) is 0. The molecule has 1 saturated heterocycles. The Bertz CT molecular complexity index is 417. The number of nitrogens with one attached hydrogen (secondary N) is 1. The fraction of sp³-hybridized carbons (Fsp3) is 0.500. The lowest BCUT2D eigenvalue weighted by Crippen LogP contribution is -2.13. The predicted molar refractivity (Wildman–Crippen MR) is 66.2 cm³/mol. The smallest absolute Gasteiger partial charge is 0.183 e. The van der Waals surface area contributed by atoms with E-state index in [1.807, 2.05) is 0 Å². The molecule has 0 saturated carbocycles. The van der Waals surface area contributed by atoms with E-state index in [0.29, 0.717) is 11.5 Å². The third-order valence-electron chi connectivity index (χ3n) is 3.05. The molecule has 1 aromatic carbocycles. The second-order valence-corrected chi connectivity index (χ2v) is 4.39. The van der Waals surface area contributed by atoms with Crippen molar-refractivity contribution in [2.75, 3.05) is 20.8 Å². The van der Waals surface area contributed by atoms with Gasteiger partial charge in [0, 0.05) is 11.6 Å². The highest BCUT2D eigenvalue weighted by atomic mass is 35.5. The topological polar surface area (TPSA) is 50.7 Å². The molecule has 5 heteroatoms. The third kappa shape index (κ3) is 2.15. The number of methoxy groups -OCH3 is 2. The Kier molecular flexibility index (Phi) is 3.64. The van der Waals surface area contributed by atoms with Crippen LogP contribution in [-0.2, 0) is 0 Å². The van der Waals surface area contributed by atoms with E-state index in [0.717, 1.165) is 24.9 Å². The Labute approximate surface area is 105 Å². The van der Waals surface area contributed by atoms with Crippen LogP contribution in [0.5, 0.6) is 17.2 Å². The summed E-state index contributed by atoms with van der Waals surface area (Å²) < 4.78 is 10.4. The van der Waals surface area contributed by atoms with Gasteiger partial charge in [-0.3, -0.25) is 0 Å². The van der Waals surface area contributed by atoms with Crippen molar-refractivity contribution in [1.82, 2.24) is 5.32 Å². The minimum absolute atomic E-state index is 0.0729. The van der Waals surface area contributed by atoms with Crippen LogP contribution >= 0.6 is 11.6 Å². The van der Waals surface area contributed by atoms with Crippen LogP contribution in [0.15, 0.2) is 6.07 Å². The van der Waals surface area contributed by atoms with Crippen molar-refractivity contribution in [2.24, 2.45) is 0 Å². The Morgan fingerprint density at radius 1 is 1.41 bits per heavy atom. The maximum absolute atomic E-state index is 10.1. The van der Waals surface area contributed by atoms with Crippen LogP contribution in [0, 0.1) is 0 Å². The van der Waals surface area contributed by atoms with Gasteiger partial charge in [-0.05, 0) is 25.5 Å². The minimum atomic E-state index is 0.0729. The molecule has 0 spiro atoms. The number of rotatable bonds is 3. The Morgan fingerprint density at radius 2 is 2.18 bits per heavy atom. The average Bonchev–Trinajstić information content (AvgIpc) is 2.85. The van der Waals surface area contributed by atoms with Crippen LogP contribution in [-0.4, -0.2) is 25.9 Å². The van der Waals surface area contributed by atoms with Gasteiger partial charge in [0.15, 0.2) is 11.5 Å². The summed E-state index contributed by atoms with van der Waals surface area (Å²) in [6.45, 7) is 0.954. The van der Waals surface area contributed by atoms with Gasteiger partial charge in [-0.25, -0.2) is 0 Å². The van der Waals surface area contributed by atoms with E-state index in [9.17, 15) is 5.11 Å². The SMILES string of the molecule is COc1cc(C2CCCN2)c(O)c(Cl)c1OC. The van der Waals surface area contributed by atoms with Gasteiger partial charge in [0.25, 0.3) is 0 Å². The molecule has 0 bridgehead atoms. The normalized spacial score (nSPS) is 19.4. The fourth-order valence-corrected chi connectivity index (χ4v) is 2.45. The summed E-state index contributed by atoms with van der Waals surface area (Å²) in [5, 5.41) is 13.6. The lowest BCUT2D eigenvalue weighted by atomic mass is 10.0. The van der Waals surface area contributed by atoms with E-state index >= 15 is 0 Å². The molecule has 0 aliphatic carbocycles. The zero-order chi connectivity index (χ0) is 12.4. The Balaban J connectivity index is 2.49. The highest BCUT2D eigenvalue weighted by molar-refractivity contribution is 6.33. The fourth-order valence-electron chi connectivity index (χ4n) is 2.18. The maximum Gasteiger partial charge on any atom is 0.183 e. The monoisotopic (exact) mass is 257 g/mol. The first-order valence-electron chi connectivity index (χ1n) is 5.55. The molecule has 17 heavy (non-hydrogen) atoms. The molecule has 1 aliphatic rings. The molecule has 0 aromatic heterocycles. The molecule has 1 heterocycles. The number of phenols is 1. The molecule has 94 valence electrons. The van der Waals surface area contributed by atoms with Crippen molar-refractivity contribution < 1.29 is 14.6 Å². The van der Waals surface area contributed by atoms with Gasteiger partial charge in [-0.1, -0.05) is 11.6 Å². The van der Waals surface area contributed by atoms with Crippen LogP contribution < -0.4 is 14.8 Å². The predicted octanol–water partition coefficient (Wildman–Crippen LogP) is 2.49. The number of phenolic OH excluding ortho intramolecular Hbond substituents is 1. The largest absolute Gasteiger partial charge is 0.506 e. The molecule has 1 fully saturated rings. The van der Waals surface area contributed by atoms with Gasteiger partial charge >= 0.3 is 0 Å². The van der Waals surface area contributed by atoms with E-state index in [1.165, 1.54) is 7.11 Å². The van der Waals surface area contributed by atoms with Crippen molar-refractivity contribution in [3.63, 3.8) is 0 Å². The van der Waals surface area contributed by atoms with E-state index < -0.39 is 0 Å². The van der Waals surface area contributed by atoms with Crippen molar-refractivity contribution in [1.29, 1.82) is 0 Å². The molecule has 1 atom stereocenters. The number of ether oxygens (including phenoxy) is 2. The molecule has 2 rings (SSSR count). The van der Waals surface area contributed by atoms with Crippen LogP contribution in [0.4, 0.5) is 0 Å². The van der Waals surface area contributed by atoms with Crippen molar-refractivity contribution in [3.05, 3.63) is 16.7 Å². The zero-order valence-electron chi connectivity index (χ0n) is 9.92. The first kappa shape index (κ1) is 12.3. The zero-order valence-corrected chi connectivity index (χ0v) is 10.7. The summed E-state index contributed by atoms with van der Waals surface area (Å²) in [6, 6.07) is 1.91. The lowest BCUT2D eigenvalue weighted by molar-refractivity contribution is 0.349. The molecule has 1 unspecified atom stereocenters. The van der Waals surface area contributed by atoms with Crippen LogP contribution in [0.1, 0.15) is 24.4 Å². The number of halogens is 1. The highest BCUT2D eigenvalue weighted by Crippen LogP contribution is 2.46.